The third kappa shape index (κ3) is 4.19. The SMILES string of the molecule is CC(CCO)CNc1ccccc1S(=O)(=O)N(C)C. The van der Waals surface area contributed by atoms with Crippen LogP contribution in [0.5, 0.6) is 0 Å². The van der Waals surface area contributed by atoms with Crippen molar-refractivity contribution in [2.24, 2.45) is 5.92 Å². The Morgan fingerprint density at radius 1 is 1.32 bits per heavy atom. The maximum atomic E-state index is 12.2. The van der Waals surface area contributed by atoms with Crippen LogP contribution in [0.1, 0.15) is 13.3 Å². The van der Waals surface area contributed by atoms with E-state index in [1.807, 2.05) is 6.92 Å². The lowest BCUT2D eigenvalue weighted by Gasteiger charge is -2.18. The van der Waals surface area contributed by atoms with Crippen molar-refractivity contribution < 1.29 is 13.5 Å². The molecule has 1 rings (SSSR count). The number of nitrogens with one attached hydrogen (secondary N) is 1. The molecule has 0 radical (unpaired) electrons. The number of hydrogen-bond acceptors (Lipinski definition) is 4. The van der Waals surface area contributed by atoms with Crippen LogP contribution in [-0.2, 0) is 10.0 Å². The summed E-state index contributed by atoms with van der Waals surface area (Å²) in [5.41, 5.74) is 0.598. The van der Waals surface area contributed by atoms with Crippen LogP contribution in [-0.4, -0.2) is 45.1 Å². The largest absolute Gasteiger partial charge is 0.396 e. The van der Waals surface area contributed by atoms with E-state index in [1.165, 1.54) is 18.4 Å². The molecule has 1 aromatic carbocycles. The molecular weight excluding hydrogens is 264 g/mol. The summed E-state index contributed by atoms with van der Waals surface area (Å²) in [4.78, 5) is 0.274. The third-order valence-corrected chi connectivity index (χ3v) is 4.78. The van der Waals surface area contributed by atoms with E-state index in [9.17, 15) is 8.42 Å². The molecule has 1 aromatic rings. The van der Waals surface area contributed by atoms with Crippen LogP contribution in [0, 0.1) is 5.92 Å². The van der Waals surface area contributed by atoms with Gasteiger partial charge < -0.3 is 10.4 Å². The van der Waals surface area contributed by atoms with E-state index in [-0.39, 0.29) is 17.4 Å². The molecule has 5 nitrogen and oxygen atoms in total. The van der Waals surface area contributed by atoms with Crippen LogP contribution in [0.25, 0.3) is 0 Å². The molecule has 0 aliphatic rings. The molecule has 1 unspecified atom stereocenters. The van der Waals surface area contributed by atoms with E-state index < -0.39 is 10.0 Å². The van der Waals surface area contributed by atoms with Gasteiger partial charge in [-0.2, -0.15) is 0 Å². The molecule has 0 saturated carbocycles. The molecule has 0 amide bonds. The van der Waals surface area contributed by atoms with Gasteiger partial charge in [0.15, 0.2) is 0 Å². The highest BCUT2D eigenvalue weighted by atomic mass is 32.2. The van der Waals surface area contributed by atoms with Crippen molar-refractivity contribution in [3.63, 3.8) is 0 Å². The van der Waals surface area contributed by atoms with Gasteiger partial charge in [0.1, 0.15) is 4.90 Å². The molecule has 0 aliphatic heterocycles. The van der Waals surface area contributed by atoms with E-state index in [4.69, 9.17) is 5.11 Å². The van der Waals surface area contributed by atoms with Crippen molar-refractivity contribution in [2.45, 2.75) is 18.2 Å². The molecule has 108 valence electrons. The first kappa shape index (κ1) is 15.9. The first-order valence-electron chi connectivity index (χ1n) is 6.26. The van der Waals surface area contributed by atoms with Gasteiger partial charge in [0.2, 0.25) is 10.0 Å². The Bertz CT molecular complexity index is 500. The topological polar surface area (TPSA) is 69.6 Å². The lowest BCUT2D eigenvalue weighted by atomic mass is 10.1. The second-order valence-electron chi connectivity index (χ2n) is 4.78. The zero-order chi connectivity index (χ0) is 14.5. The maximum absolute atomic E-state index is 12.2. The Hall–Kier alpha value is -1.11. The fourth-order valence-electron chi connectivity index (χ4n) is 1.64. The maximum Gasteiger partial charge on any atom is 0.244 e. The third-order valence-electron chi connectivity index (χ3n) is 2.91. The van der Waals surface area contributed by atoms with Crippen LogP contribution >= 0.6 is 0 Å². The summed E-state index contributed by atoms with van der Waals surface area (Å²) >= 11 is 0. The first-order valence-corrected chi connectivity index (χ1v) is 7.70. The molecular formula is C13H22N2O3S. The van der Waals surface area contributed by atoms with Crippen molar-refractivity contribution in [2.75, 3.05) is 32.6 Å². The standard InChI is InChI=1S/C13H22N2O3S/c1-11(8-9-16)10-14-12-6-4-5-7-13(12)19(17,18)15(2)3/h4-7,11,14,16H,8-10H2,1-3H3. The zero-order valence-corrected chi connectivity index (χ0v) is 12.4. The number of aliphatic hydroxyl groups excluding tert-OH is 1. The van der Waals surface area contributed by atoms with Gasteiger partial charge in [-0.25, -0.2) is 12.7 Å². The predicted molar refractivity (Wildman–Crippen MR) is 76.7 cm³/mol. The molecule has 0 bridgehead atoms. The Morgan fingerprint density at radius 2 is 1.95 bits per heavy atom. The van der Waals surface area contributed by atoms with Crippen molar-refractivity contribution in [3.05, 3.63) is 24.3 Å². The van der Waals surface area contributed by atoms with Crippen molar-refractivity contribution in [1.29, 1.82) is 0 Å². The van der Waals surface area contributed by atoms with Gasteiger partial charge >= 0.3 is 0 Å². The van der Waals surface area contributed by atoms with Gasteiger partial charge in [-0.05, 0) is 24.5 Å². The highest BCUT2D eigenvalue weighted by molar-refractivity contribution is 7.89. The summed E-state index contributed by atoms with van der Waals surface area (Å²) in [6, 6.07) is 6.85. The molecule has 0 saturated heterocycles. The fourth-order valence-corrected chi connectivity index (χ4v) is 2.70. The molecule has 0 spiro atoms. The number of para-hydroxylation sites is 1. The molecule has 0 aromatic heterocycles. The van der Waals surface area contributed by atoms with Crippen LogP contribution in [0.2, 0.25) is 0 Å². The second kappa shape index (κ2) is 6.88. The van der Waals surface area contributed by atoms with Crippen LogP contribution in [0.3, 0.4) is 0 Å². The summed E-state index contributed by atoms with van der Waals surface area (Å²) in [5, 5.41) is 12.0. The smallest absolute Gasteiger partial charge is 0.244 e. The first-order chi connectivity index (χ1) is 8.89. The Labute approximate surface area is 115 Å². The molecule has 2 N–H and O–H groups in total. The molecule has 0 aliphatic carbocycles. The Morgan fingerprint density at radius 3 is 2.53 bits per heavy atom. The summed E-state index contributed by atoms with van der Waals surface area (Å²) in [6.45, 7) is 2.77. The summed E-state index contributed by atoms with van der Waals surface area (Å²) in [7, 11) is -0.418. The molecule has 0 heterocycles. The van der Waals surface area contributed by atoms with E-state index in [1.54, 1.807) is 24.3 Å². The van der Waals surface area contributed by atoms with E-state index >= 15 is 0 Å². The lowest BCUT2D eigenvalue weighted by Crippen LogP contribution is -2.24. The predicted octanol–water partition coefficient (Wildman–Crippen LogP) is 1.37. The quantitative estimate of drug-likeness (QED) is 0.794. The summed E-state index contributed by atoms with van der Waals surface area (Å²) < 4.78 is 25.5. The highest BCUT2D eigenvalue weighted by Crippen LogP contribution is 2.23. The minimum Gasteiger partial charge on any atom is -0.396 e. The van der Waals surface area contributed by atoms with E-state index in [2.05, 4.69) is 5.32 Å². The lowest BCUT2D eigenvalue weighted by molar-refractivity contribution is 0.266. The molecule has 1 atom stereocenters. The Balaban J connectivity index is 2.91. The molecule has 0 fully saturated rings. The number of nitrogens with zero attached hydrogens (tertiary/aromatic N) is 1. The van der Waals surface area contributed by atoms with Crippen molar-refractivity contribution >= 4 is 15.7 Å². The van der Waals surface area contributed by atoms with Gasteiger partial charge in [-0.15, -0.1) is 0 Å². The van der Waals surface area contributed by atoms with Gasteiger partial charge in [0, 0.05) is 27.2 Å². The number of rotatable bonds is 7. The monoisotopic (exact) mass is 286 g/mol. The molecule has 6 heteroatoms. The van der Waals surface area contributed by atoms with Gasteiger partial charge in [-0.3, -0.25) is 0 Å². The number of sulfonamides is 1. The normalized spacial score (nSPS) is 13.5. The number of hydrogen-bond donors (Lipinski definition) is 2. The summed E-state index contributed by atoms with van der Waals surface area (Å²) in [5.74, 6) is 0.278. The zero-order valence-electron chi connectivity index (χ0n) is 11.6. The van der Waals surface area contributed by atoms with Crippen LogP contribution in [0.4, 0.5) is 5.69 Å². The van der Waals surface area contributed by atoms with Gasteiger partial charge in [-0.1, -0.05) is 19.1 Å². The average Bonchev–Trinajstić information content (AvgIpc) is 2.37. The van der Waals surface area contributed by atoms with Gasteiger partial charge in [0.05, 0.1) is 5.69 Å². The van der Waals surface area contributed by atoms with Gasteiger partial charge in [0.25, 0.3) is 0 Å². The van der Waals surface area contributed by atoms with Crippen LogP contribution in [0.15, 0.2) is 29.2 Å². The Kier molecular flexibility index (Phi) is 5.78. The minimum atomic E-state index is -3.45. The fraction of sp³-hybridized carbons (Fsp3) is 0.538. The van der Waals surface area contributed by atoms with E-state index in [0.717, 1.165) is 0 Å². The van der Waals surface area contributed by atoms with Crippen molar-refractivity contribution in [3.8, 4) is 0 Å². The number of aliphatic hydroxyl groups is 1. The molecule has 19 heavy (non-hydrogen) atoms. The second-order valence-corrected chi connectivity index (χ2v) is 6.90. The number of anilines is 1. The van der Waals surface area contributed by atoms with Crippen LogP contribution < -0.4 is 5.32 Å². The minimum absolute atomic E-state index is 0.139. The van der Waals surface area contributed by atoms with E-state index in [0.29, 0.717) is 18.7 Å². The average molecular weight is 286 g/mol. The highest BCUT2D eigenvalue weighted by Gasteiger charge is 2.20. The number of benzene rings is 1. The summed E-state index contributed by atoms with van der Waals surface area (Å²) in [6.07, 6.45) is 0.690. The van der Waals surface area contributed by atoms with Crippen molar-refractivity contribution in [1.82, 2.24) is 4.31 Å².